The highest BCUT2D eigenvalue weighted by atomic mass is 79.9. The third kappa shape index (κ3) is 3.51. The molecule has 0 bridgehead atoms. The third-order valence-corrected chi connectivity index (χ3v) is 2.87. The van der Waals surface area contributed by atoms with E-state index in [0.29, 0.717) is 16.9 Å². The van der Waals surface area contributed by atoms with Crippen LogP contribution in [0, 0.1) is 11.2 Å². The number of hydrogen-bond donors (Lipinski definition) is 2. The van der Waals surface area contributed by atoms with Crippen molar-refractivity contribution >= 4 is 21.8 Å². The molecular formula is C13H11BrFN3O. The summed E-state index contributed by atoms with van der Waals surface area (Å²) in [6.07, 6.45) is 3.18. The second-order valence-corrected chi connectivity index (χ2v) is 4.76. The van der Waals surface area contributed by atoms with Gasteiger partial charge in [-0.3, -0.25) is 10.4 Å². The van der Waals surface area contributed by atoms with Crippen molar-refractivity contribution in [1.82, 2.24) is 4.98 Å². The number of benzene rings is 1. The molecule has 0 amide bonds. The molecule has 4 nitrogen and oxygen atoms in total. The molecule has 0 spiro atoms. The Hall–Kier alpha value is -1.95. The molecular weight excluding hydrogens is 313 g/mol. The van der Waals surface area contributed by atoms with E-state index in [1.807, 2.05) is 0 Å². The van der Waals surface area contributed by atoms with E-state index in [2.05, 4.69) is 20.9 Å². The SMILES string of the molecule is N=C(N)c1ccc(COc2cncc(Br)c2)c(F)c1. The molecule has 0 aliphatic heterocycles. The van der Waals surface area contributed by atoms with Crippen LogP contribution >= 0.6 is 15.9 Å². The van der Waals surface area contributed by atoms with Crippen molar-refractivity contribution in [3.8, 4) is 5.75 Å². The summed E-state index contributed by atoms with van der Waals surface area (Å²) in [7, 11) is 0. The Balaban J connectivity index is 2.10. The molecule has 0 saturated heterocycles. The second-order valence-electron chi connectivity index (χ2n) is 3.85. The highest BCUT2D eigenvalue weighted by Crippen LogP contribution is 2.18. The maximum Gasteiger partial charge on any atom is 0.139 e. The first kappa shape index (κ1) is 13.5. The fourth-order valence-electron chi connectivity index (χ4n) is 1.46. The number of ether oxygens (including phenoxy) is 1. The molecule has 1 aromatic heterocycles. The van der Waals surface area contributed by atoms with Crippen LogP contribution in [0.3, 0.4) is 0 Å². The molecule has 0 saturated carbocycles. The molecule has 1 heterocycles. The van der Waals surface area contributed by atoms with Crippen LogP contribution in [-0.4, -0.2) is 10.8 Å². The van der Waals surface area contributed by atoms with Gasteiger partial charge in [-0.05, 0) is 28.1 Å². The maximum atomic E-state index is 13.7. The highest BCUT2D eigenvalue weighted by molar-refractivity contribution is 9.10. The molecule has 0 aliphatic carbocycles. The normalized spacial score (nSPS) is 10.2. The van der Waals surface area contributed by atoms with Crippen LogP contribution in [0.25, 0.3) is 0 Å². The zero-order valence-electron chi connectivity index (χ0n) is 9.86. The molecule has 6 heteroatoms. The van der Waals surface area contributed by atoms with Crippen LogP contribution in [-0.2, 0) is 6.61 Å². The largest absolute Gasteiger partial charge is 0.487 e. The van der Waals surface area contributed by atoms with Gasteiger partial charge in [0.25, 0.3) is 0 Å². The molecule has 0 aliphatic rings. The van der Waals surface area contributed by atoms with E-state index < -0.39 is 5.82 Å². The first-order valence-corrected chi connectivity index (χ1v) is 6.22. The average molecular weight is 324 g/mol. The Bertz CT molecular complexity index is 619. The fourth-order valence-corrected chi connectivity index (χ4v) is 1.81. The van der Waals surface area contributed by atoms with Crippen molar-refractivity contribution in [2.45, 2.75) is 6.61 Å². The number of nitrogens with one attached hydrogen (secondary N) is 1. The van der Waals surface area contributed by atoms with Crippen molar-refractivity contribution in [1.29, 1.82) is 5.41 Å². The van der Waals surface area contributed by atoms with Gasteiger partial charge in [0, 0.05) is 21.8 Å². The van der Waals surface area contributed by atoms with E-state index in [0.717, 1.165) is 4.47 Å². The Morgan fingerprint density at radius 3 is 2.79 bits per heavy atom. The third-order valence-electron chi connectivity index (χ3n) is 2.44. The van der Waals surface area contributed by atoms with E-state index >= 15 is 0 Å². The molecule has 2 aromatic rings. The summed E-state index contributed by atoms with van der Waals surface area (Å²) in [5.41, 5.74) is 6.03. The van der Waals surface area contributed by atoms with Gasteiger partial charge in [-0.1, -0.05) is 12.1 Å². The van der Waals surface area contributed by atoms with Gasteiger partial charge in [0.1, 0.15) is 24.0 Å². The van der Waals surface area contributed by atoms with E-state index in [1.54, 1.807) is 30.6 Å². The predicted octanol–water partition coefficient (Wildman–Crippen LogP) is 2.85. The van der Waals surface area contributed by atoms with Crippen LogP contribution in [0.15, 0.2) is 41.1 Å². The van der Waals surface area contributed by atoms with Gasteiger partial charge in [-0.2, -0.15) is 0 Å². The summed E-state index contributed by atoms with van der Waals surface area (Å²) >= 11 is 3.27. The summed E-state index contributed by atoms with van der Waals surface area (Å²) in [6.45, 7) is 0.0855. The summed E-state index contributed by atoms with van der Waals surface area (Å²) < 4.78 is 20.0. The summed E-state index contributed by atoms with van der Waals surface area (Å²) in [5, 5.41) is 7.23. The molecule has 0 atom stereocenters. The molecule has 0 radical (unpaired) electrons. The molecule has 0 fully saturated rings. The van der Waals surface area contributed by atoms with Crippen molar-refractivity contribution in [2.75, 3.05) is 0 Å². The number of halogens is 2. The van der Waals surface area contributed by atoms with Gasteiger partial charge in [0.05, 0.1) is 6.20 Å². The Kier molecular flexibility index (Phi) is 4.11. The van der Waals surface area contributed by atoms with Crippen LogP contribution in [0.2, 0.25) is 0 Å². The lowest BCUT2D eigenvalue weighted by Gasteiger charge is -2.08. The number of pyridine rings is 1. The van der Waals surface area contributed by atoms with Crippen molar-refractivity contribution < 1.29 is 9.13 Å². The molecule has 0 unspecified atom stereocenters. The first-order chi connectivity index (χ1) is 9.06. The first-order valence-electron chi connectivity index (χ1n) is 5.42. The molecule has 1 aromatic carbocycles. The fraction of sp³-hybridized carbons (Fsp3) is 0.0769. The van der Waals surface area contributed by atoms with Crippen LogP contribution < -0.4 is 10.5 Å². The van der Waals surface area contributed by atoms with Crippen LogP contribution in [0.5, 0.6) is 5.75 Å². The van der Waals surface area contributed by atoms with Crippen molar-refractivity contribution in [2.24, 2.45) is 5.73 Å². The zero-order chi connectivity index (χ0) is 13.8. The second kappa shape index (κ2) is 5.79. The van der Waals surface area contributed by atoms with Gasteiger partial charge in [0.2, 0.25) is 0 Å². The van der Waals surface area contributed by atoms with Crippen LogP contribution in [0.4, 0.5) is 4.39 Å². The van der Waals surface area contributed by atoms with Crippen molar-refractivity contribution in [3.63, 3.8) is 0 Å². The predicted molar refractivity (Wildman–Crippen MR) is 73.7 cm³/mol. The minimum Gasteiger partial charge on any atom is -0.487 e. The Morgan fingerprint density at radius 1 is 1.37 bits per heavy atom. The number of hydrogen-bond acceptors (Lipinski definition) is 3. The lowest BCUT2D eigenvalue weighted by molar-refractivity contribution is 0.298. The van der Waals surface area contributed by atoms with E-state index in [9.17, 15) is 4.39 Å². The monoisotopic (exact) mass is 323 g/mol. The van der Waals surface area contributed by atoms with Gasteiger partial charge >= 0.3 is 0 Å². The number of rotatable bonds is 4. The van der Waals surface area contributed by atoms with Gasteiger partial charge < -0.3 is 10.5 Å². The smallest absolute Gasteiger partial charge is 0.139 e. The minimum absolute atomic E-state index is 0.0855. The van der Waals surface area contributed by atoms with E-state index in [4.69, 9.17) is 15.9 Å². The Labute approximate surface area is 118 Å². The topological polar surface area (TPSA) is 72.0 Å². The number of aromatic nitrogens is 1. The lowest BCUT2D eigenvalue weighted by atomic mass is 10.1. The summed E-state index contributed by atoms with van der Waals surface area (Å²) in [4.78, 5) is 3.95. The van der Waals surface area contributed by atoms with Crippen LogP contribution in [0.1, 0.15) is 11.1 Å². The highest BCUT2D eigenvalue weighted by Gasteiger charge is 2.06. The Morgan fingerprint density at radius 2 is 2.16 bits per heavy atom. The zero-order valence-corrected chi connectivity index (χ0v) is 11.4. The lowest BCUT2D eigenvalue weighted by Crippen LogP contribution is -2.12. The van der Waals surface area contributed by atoms with E-state index in [1.165, 1.54) is 6.07 Å². The van der Waals surface area contributed by atoms with Gasteiger partial charge in [0.15, 0.2) is 0 Å². The molecule has 19 heavy (non-hydrogen) atoms. The van der Waals surface area contributed by atoms with E-state index in [-0.39, 0.29) is 12.4 Å². The number of nitrogens with two attached hydrogens (primary N) is 1. The molecule has 98 valence electrons. The summed E-state index contributed by atoms with van der Waals surface area (Å²) in [5.74, 6) is -0.0670. The minimum atomic E-state index is -0.448. The summed E-state index contributed by atoms with van der Waals surface area (Å²) in [6, 6.07) is 6.11. The number of amidine groups is 1. The maximum absolute atomic E-state index is 13.7. The molecule has 2 rings (SSSR count). The van der Waals surface area contributed by atoms with Crippen molar-refractivity contribution in [3.05, 3.63) is 58.1 Å². The molecule has 3 N–H and O–H groups in total. The standard InChI is InChI=1S/C13H11BrFN3O/c14-10-4-11(6-18-5-10)19-7-9-2-1-8(13(16)17)3-12(9)15/h1-6H,7H2,(H3,16,17). The number of nitrogens with zero attached hydrogens (tertiary/aromatic N) is 1. The van der Waals surface area contributed by atoms with Gasteiger partial charge in [-0.25, -0.2) is 4.39 Å². The van der Waals surface area contributed by atoms with Gasteiger partial charge in [-0.15, -0.1) is 0 Å². The quantitative estimate of drug-likeness (QED) is 0.671. The number of nitrogen functional groups attached to an aromatic ring is 1. The average Bonchev–Trinajstić information content (AvgIpc) is 2.37.